The molecule has 0 radical (unpaired) electrons. The summed E-state index contributed by atoms with van der Waals surface area (Å²) in [6, 6.07) is 1.24. The number of halogens is 1. The first-order valence-electron chi connectivity index (χ1n) is 8.69. The largest absolute Gasteiger partial charge is 0.378 e. The van der Waals surface area contributed by atoms with Crippen molar-refractivity contribution >= 4 is 18.1 Å². The van der Waals surface area contributed by atoms with E-state index in [1.54, 1.807) is 0 Å². The molecule has 126 valence electrons. The summed E-state index contributed by atoms with van der Waals surface area (Å²) >= 11 is 0. The van der Waals surface area contributed by atoms with Crippen LogP contribution in [-0.4, -0.2) is 19.6 Å². The van der Waals surface area contributed by atoms with Gasteiger partial charge < -0.3 is 5.32 Å². The van der Waals surface area contributed by atoms with Gasteiger partial charge in [-0.05, 0) is 25.7 Å². The second-order valence-electron chi connectivity index (χ2n) is 6.77. The molecule has 0 atom stereocenters. The molecular formula is C17H26ClN5. The van der Waals surface area contributed by atoms with Crippen molar-refractivity contribution < 1.29 is 0 Å². The molecule has 0 aromatic carbocycles. The summed E-state index contributed by atoms with van der Waals surface area (Å²) in [6.45, 7) is 0.823. The molecule has 2 aliphatic rings. The number of aromatic nitrogens is 4. The number of nitrogens with zero attached hydrogens (tertiary/aromatic N) is 4. The van der Waals surface area contributed by atoms with Crippen molar-refractivity contribution in [3.63, 3.8) is 0 Å². The minimum Gasteiger partial charge on any atom is -0.378 e. The Morgan fingerprint density at radius 3 is 2.09 bits per heavy atom. The first-order valence-corrected chi connectivity index (χ1v) is 8.69. The molecule has 1 N–H and O–H groups in total. The van der Waals surface area contributed by atoms with E-state index >= 15 is 0 Å². The first kappa shape index (κ1) is 16.4. The Hall–Kier alpha value is -1.49. The lowest BCUT2D eigenvalue weighted by Gasteiger charge is -2.09. The summed E-state index contributed by atoms with van der Waals surface area (Å²) in [5, 5.41) is 12.5. The standard InChI is InChI=1S/C17H25N5.ClH/c1-2-6-16(5-1)21-12-14(10-19-21)9-18-15-11-20-22(13-15)17-7-3-4-8-17;/h10-13,16-18H,1-9H2;1H. The van der Waals surface area contributed by atoms with Crippen LogP contribution in [0.25, 0.3) is 0 Å². The van der Waals surface area contributed by atoms with Crippen LogP contribution >= 0.6 is 12.4 Å². The van der Waals surface area contributed by atoms with E-state index < -0.39 is 0 Å². The molecule has 2 aromatic heterocycles. The molecule has 2 fully saturated rings. The van der Waals surface area contributed by atoms with Crippen LogP contribution in [-0.2, 0) is 6.54 Å². The van der Waals surface area contributed by atoms with Crippen LogP contribution in [0.15, 0.2) is 24.8 Å². The summed E-state index contributed by atoms with van der Waals surface area (Å²) in [7, 11) is 0. The van der Waals surface area contributed by atoms with Gasteiger partial charge in [0, 0.05) is 24.5 Å². The van der Waals surface area contributed by atoms with E-state index in [4.69, 9.17) is 0 Å². The summed E-state index contributed by atoms with van der Waals surface area (Å²) in [5.41, 5.74) is 2.36. The quantitative estimate of drug-likeness (QED) is 0.884. The van der Waals surface area contributed by atoms with Gasteiger partial charge in [0.05, 0.1) is 30.2 Å². The lowest BCUT2D eigenvalue weighted by molar-refractivity contribution is 0.466. The highest BCUT2D eigenvalue weighted by atomic mass is 35.5. The van der Waals surface area contributed by atoms with Crippen LogP contribution < -0.4 is 5.32 Å². The van der Waals surface area contributed by atoms with Crippen molar-refractivity contribution in [2.24, 2.45) is 0 Å². The highest BCUT2D eigenvalue weighted by Gasteiger charge is 2.18. The maximum absolute atomic E-state index is 4.53. The van der Waals surface area contributed by atoms with Gasteiger partial charge in [-0.1, -0.05) is 25.7 Å². The third kappa shape index (κ3) is 3.71. The van der Waals surface area contributed by atoms with Gasteiger partial charge in [-0.2, -0.15) is 10.2 Å². The number of anilines is 1. The van der Waals surface area contributed by atoms with Crippen LogP contribution in [0.2, 0.25) is 0 Å². The predicted octanol–water partition coefficient (Wildman–Crippen LogP) is 4.34. The predicted molar refractivity (Wildman–Crippen MR) is 94.0 cm³/mol. The fourth-order valence-electron chi connectivity index (χ4n) is 3.84. The van der Waals surface area contributed by atoms with Crippen LogP contribution in [0.5, 0.6) is 0 Å². The second-order valence-corrected chi connectivity index (χ2v) is 6.77. The summed E-state index contributed by atoms with van der Waals surface area (Å²) < 4.78 is 4.29. The lowest BCUT2D eigenvalue weighted by atomic mass is 10.2. The molecule has 2 heterocycles. The minimum absolute atomic E-state index is 0. The fraction of sp³-hybridized carbons (Fsp3) is 0.647. The summed E-state index contributed by atoms with van der Waals surface area (Å²) in [4.78, 5) is 0. The van der Waals surface area contributed by atoms with Gasteiger partial charge in [0.1, 0.15) is 0 Å². The average Bonchev–Trinajstić information content (AvgIpc) is 3.33. The highest BCUT2D eigenvalue weighted by molar-refractivity contribution is 5.85. The number of rotatable bonds is 5. The van der Waals surface area contributed by atoms with Crippen molar-refractivity contribution in [1.82, 2.24) is 19.6 Å². The Balaban J connectivity index is 0.00000156. The molecule has 2 aliphatic carbocycles. The molecule has 0 amide bonds. The molecule has 23 heavy (non-hydrogen) atoms. The number of hydrogen-bond acceptors (Lipinski definition) is 3. The van der Waals surface area contributed by atoms with Crippen molar-refractivity contribution in [3.8, 4) is 0 Å². The molecule has 4 rings (SSSR count). The van der Waals surface area contributed by atoms with Crippen molar-refractivity contribution in [2.75, 3.05) is 5.32 Å². The van der Waals surface area contributed by atoms with Crippen molar-refractivity contribution in [1.29, 1.82) is 0 Å². The Labute approximate surface area is 143 Å². The van der Waals surface area contributed by atoms with E-state index in [1.165, 1.54) is 56.9 Å². The van der Waals surface area contributed by atoms with Crippen molar-refractivity contribution in [2.45, 2.75) is 70.0 Å². The third-order valence-corrected chi connectivity index (χ3v) is 5.15. The lowest BCUT2D eigenvalue weighted by Crippen LogP contribution is -2.05. The zero-order chi connectivity index (χ0) is 14.8. The third-order valence-electron chi connectivity index (χ3n) is 5.15. The monoisotopic (exact) mass is 335 g/mol. The topological polar surface area (TPSA) is 47.7 Å². The molecule has 0 saturated heterocycles. The van der Waals surface area contributed by atoms with Crippen LogP contribution in [0.3, 0.4) is 0 Å². The van der Waals surface area contributed by atoms with Gasteiger partial charge in [0.25, 0.3) is 0 Å². The maximum atomic E-state index is 4.53. The van der Waals surface area contributed by atoms with E-state index in [1.807, 2.05) is 12.4 Å². The van der Waals surface area contributed by atoms with E-state index in [0.29, 0.717) is 12.1 Å². The van der Waals surface area contributed by atoms with E-state index in [2.05, 4.69) is 37.3 Å². The highest BCUT2D eigenvalue weighted by Crippen LogP contribution is 2.30. The smallest absolute Gasteiger partial charge is 0.0729 e. The van der Waals surface area contributed by atoms with Gasteiger partial charge in [0.15, 0.2) is 0 Å². The molecular weight excluding hydrogens is 310 g/mol. The van der Waals surface area contributed by atoms with Gasteiger partial charge in [-0.3, -0.25) is 9.36 Å². The second kappa shape index (κ2) is 7.39. The van der Waals surface area contributed by atoms with Gasteiger partial charge in [-0.25, -0.2) is 0 Å². The maximum Gasteiger partial charge on any atom is 0.0729 e. The average molecular weight is 336 g/mol. The van der Waals surface area contributed by atoms with Crippen LogP contribution in [0.4, 0.5) is 5.69 Å². The number of nitrogens with one attached hydrogen (secondary N) is 1. The Kier molecular flexibility index (Phi) is 5.26. The molecule has 5 nitrogen and oxygen atoms in total. The summed E-state index contributed by atoms with van der Waals surface area (Å²) in [5.74, 6) is 0. The van der Waals surface area contributed by atoms with E-state index in [9.17, 15) is 0 Å². The van der Waals surface area contributed by atoms with Gasteiger partial charge >= 0.3 is 0 Å². The molecule has 2 saturated carbocycles. The van der Waals surface area contributed by atoms with Crippen LogP contribution in [0.1, 0.15) is 69.0 Å². The van der Waals surface area contributed by atoms with Gasteiger partial charge in [0.2, 0.25) is 0 Å². The normalized spacial score (nSPS) is 19.1. The van der Waals surface area contributed by atoms with Crippen LogP contribution in [0, 0.1) is 0 Å². The van der Waals surface area contributed by atoms with E-state index in [-0.39, 0.29) is 12.4 Å². The zero-order valence-corrected chi connectivity index (χ0v) is 14.3. The van der Waals surface area contributed by atoms with Gasteiger partial charge in [-0.15, -0.1) is 12.4 Å². The first-order chi connectivity index (χ1) is 10.9. The Bertz CT molecular complexity index is 554. The van der Waals surface area contributed by atoms with E-state index in [0.717, 1.165) is 12.2 Å². The molecule has 0 aliphatic heterocycles. The summed E-state index contributed by atoms with van der Waals surface area (Å²) in [6.07, 6.45) is 18.8. The fourth-order valence-corrected chi connectivity index (χ4v) is 3.84. The van der Waals surface area contributed by atoms with Crippen molar-refractivity contribution in [3.05, 3.63) is 30.4 Å². The molecule has 2 aromatic rings. The molecule has 0 unspecified atom stereocenters. The zero-order valence-electron chi connectivity index (χ0n) is 13.5. The molecule has 0 bridgehead atoms. The minimum atomic E-state index is 0. The molecule has 6 heteroatoms. The SMILES string of the molecule is Cl.c1nn(C2CCCC2)cc1CNc1cnn(C2CCCC2)c1. The Morgan fingerprint density at radius 1 is 0.870 bits per heavy atom. The number of hydrogen-bond donors (Lipinski definition) is 1. The Morgan fingerprint density at radius 2 is 1.43 bits per heavy atom. The molecule has 0 spiro atoms.